The molecule has 0 heterocycles. The van der Waals surface area contributed by atoms with Crippen LogP contribution in [0.5, 0.6) is 17.2 Å². The number of aryl methyl sites for hydroxylation is 1. The van der Waals surface area contributed by atoms with E-state index in [1.165, 1.54) is 16.7 Å². The lowest BCUT2D eigenvalue weighted by molar-refractivity contribution is 0.269. The largest absolute Gasteiger partial charge is 0.497 e. The van der Waals surface area contributed by atoms with Crippen molar-refractivity contribution in [3.63, 3.8) is 0 Å². The van der Waals surface area contributed by atoms with Crippen LogP contribution < -0.4 is 19.5 Å². The van der Waals surface area contributed by atoms with E-state index < -0.39 is 0 Å². The fourth-order valence-electron chi connectivity index (χ4n) is 3.15. The number of hydrogen-bond donors (Lipinski definition) is 1. The van der Waals surface area contributed by atoms with Crippen LogP contribution in [-0.4, -0.2) is 20.3 Å². The molecule has 0 spiro atoms. The molecule has 0 fully saturated rings. The second-order valence-corrected chi connectivity index (χ2v) is 7.26. The van der Waals surface area contributed by atoms with Crippen molar-refractivity contribution in [1.82, 2.24) is 5.32 Å². The fourth-order valence-corrected chi connectivity index (χ4v) is 3.15. The third kappa shape index (κ3) is 6.53. The van der Waals surface area contributed by atoms with Crippen molar-refractivity contribution < 1.29 is 14.2 Å². The maximum atomic E-state index is 6.02. The fraction of sp³-hybridized carbons (Fsp3) is 0.308. The summed E-state index contributed by atoms with van der Waals surface area (Å²) in [5.74, 6) is 2.46. The number of ether oxygens (including phenoxy) is 3. The van der Waals surface area contributed by atoms with Crippen LogP contribution in [0, 0.1) is 6.92 Å². The minimum Gasteiger partial charge on any atom is -0.497 e. The van der Waals surface area contributed by atoms with E-state index in [9.17, 15) is 0 Å². The van der Waals surface area contributed by atoms with E-state index in [2.05, 4.69) is 60.8 Å². The van der Waals surface area contributed by atoms with Crippen LogP contribution in [0.1, 0.15) is 29.2 Å². The SMILES string of the molecule is CCOc1cc(CNCCc2ccc(OC)cc2)ccc1OCc1ccc(C)cc1. The zero-order valence-electron chi connectivity index (χ0n) is 18.1. The first kappa shape index (κ1) is 21.7. The Morgan fingerprint density at radius 1 is 0.767 bits per heavy atom. The first-order valence-corrected chi connectivity index (χ1v) is 10.5. The van der Waals surface area contributed by atoms with Crippen molar-refractivity contribution in [3.8, 4) is 17.2 Å². The zero-order chi connectivity index (χ0) is 21.2. The summed E-state index contributed by atoms with van der Waals surface area (Å²) in [6.07, 6.45) is 0.972. The summed E-state index contributed by atoms with van der Waals surface area (Å²) in [5.41, 5.74) is 4.86. The molecule has 3 aromatic rings. The average Bonchev–Trinajstić information content (AvgIpc) is 2.78. The molecule has 0 saturated carbocycles. The van der Waals surface area contributed by atoms with Gasteiger partial charge < -0.3 is 19.5 Å². The molecule has 0 aliphatic rings. The van der Waals surface area contributed by atoms with Gasteiger partial charge in [0, 0.05) is 6.54 Å². The van der Waals surface area contributed by atoms with Crippen LogP contribution in [0.4, 0.5) is 0 Å². The summed E-state index contributed by atoms with van der Waals surface area (Å²) in [5, 5.41) is 3.50. The van der Waals surface area contributed by atoms with E-state index >= 15 is 0 Å². The van der Waals surface area contributed by atoms with E-state index in [1.807, 2.05) is 25.1 Å². The highest BCUT2D eigenvalue weighted by Gasteiger charge is 2.07. The molecule has 3 rings (SSSR count). The Bertz CT molecular complexity index is 905. The molecule has 0 saturated heterocycles. The quantitative estimate of drug-likeness (QED) is 0.439. The van der Waals surface area contributed by atoms with Crippen LogP contribution in [0.3, 0.4) is 0 Å². The summed E-state index contributed by atoms with van der Waals surface area (Å²) in [6.45, 7) is 6.90. The smallest absolute Gasteiger partial charge is 0.161 e. The van der Waals surface area contributed by atoms with Gasteiger partial charge in [-0.1, -0.05) is 48.0 Å². The molecule has 0 bridgehead atoms. The molecule has 0 radical (unpaired) electrons. The highest BCUT2D eigenvalue weighted by Crippen LogP contribution is 2.29. The summed E-state index contributed by atoms with van der Waals surface area (Å²) < 4.78 is 17.0. The zero-order valence-corrected chi connectivity index (χ0v) is 18.1. The van der Waals surface area contributed by atoms with Crippen LogP contribution in [-0.2, 0) is 19.6 Å². The minimum absolute atomic E-state index is 0.528. The molecule has 0 aromatic heterocycles. The van der Waals surface area contributed by atoms with E-state index in [0.29, 0.717) is 13.2 Å². The topological polar surface area (TPSA) is 39.7 Å². The standard InChI is InChI=1S/C26H31NO3/c1-4-29-26-17-23(18-27-16-15-21-9-12-24(28-3)13-10-21)11-14-25(26)30-19-22-7-5-20(2)6-8-22/h5-14,17,27H,4,15-16,18-19H2,1-3H3. The molecule has 158 valence electrons. The first-order valence-electron chi connectivity index (χ1n) is 10.5. The number of benzene rings is 3. The van der Waals surface area contributed by atoms with Crippen molar-refractivity contribution in [1.29, 1.82) is 0 Å². The van der Waals surface area contributed by atoms with Crippen LogP contribution in [0.25, 0.3) is 0 Å². The highest BCUT2D eigenvalue weighted by molar-refractivity contribution is 5.43. The third-order valence-electron chi connectivity index (χ3n) is 4.90. The van der Waals surface area contributed by atoms with E-state index in [-0.39, 0.29) is 0 Å². The molecule has 3 aromatic carbocycles. The lowest BCUT2D eigenvalue weighted by atomic mass is 10.1. The Labute approximate surface area is 179 Å². The average molecular weight is 406 g/mol. The molecule has 0 aliphatic heterocycles. The van der Waals surface area contributed by atoms with Crippen molar-refractivity contribution in [3.05, 3.63) is 89.0 Å². The molecule has 0 unspecified atom stereocenters. The van der Waals surface area contributed by atoms with Gasteiger partial charge in [0.1, 0.15) is 12.4 Å². The third-order valence-corrected chi connectivity index (χ3v) is 4.90. The van der Waals surface area contributed by atoms with Gasteiger partial charge in [0.2, 0.25) is 0 Å². The number of hydrogen-bond acceptors (Lipinski definition) is 4. The van der Waals surface area contributed by atoms with E-state index in [4.69, 9.17) is 14.2 Å². The Morgan fingerprint density at radius 3 is 2.17 bits per heavy atom. The Hall–Kier alpha value is -2.98. The van der Waals surface area contributed by atoms with Crippen molar-refractivity contribution >= 4 is 0 Å². The van der Waals surface area contributed by atoms with Gasteiger partial charge in [0.15, 0.2) is 11.5 Å². The lowest BCUT2D eigenvalue weighted by Gasteiger charge is -2.14. The molecule has 0 aliphatic carbocycles. The van der Waals surface area contributed by atoms with Gasteiger partial charge in [0.05, 0.1) is 13.7 Å². The summed E-state index contributed by atoms with van der Waals surface area (Å²) in [7, 11) is 1.69. The molecular formula is C26H31NO3. The van der Waals surface area contributed by atoms with Crippen LogP contribution in [0.15, 0.2) is 66.7 Å². The van der Waals surface area contributed by atoms with Gasteiger partial charge in [-0.2, -0.15) is 0 Å². The summed E-state index contributed by atoms with van der Waals surface area (Å²) >= 11 is 0. The second kappa shape index (κ2) is 11.3. The number of nitrogens with one attached hydrogen (secondary N) is 1. The van der Waals surface area contributed by atoms with Crippen molar-refractivity contribution in [2.45, 2.75) is 33.4 Å². The summed E-state index contributed by atoms with van der Waals surface area (Å²) in [6, 6.07) is 22.8. The molecule has 4 heteroatoms. The molecule has 4 nitrogen and oxygen atoms in total. The van der Waals surface area contributed by atoms with Crippen LogP contribution in [0.2, 0.25) is 0 Å². The molecule has 1 N–H and O–H groups in total. The number of rotatable bonds is 11. The first-order chi connectivity index (χ1) is 14.7. The van der Waals surface area contributed by atoms with Gasteiger partial charge in [-0.25, -0.2) is 0 Å². The van der Waals surface area contributed by atoms with Crippen molar-refractivity contribution in [2.75, 3.05) is 20.3 Å². The summed E-state index contributed by atoms with van der Waals surface area (Å²) in [4.78, 5) is 0. The maximum Gasteiger partial charge on any atom is 0.161 e. The van der Waals surface area contributed by atoms with Gasteiger partial charge in [-0.15, -0.1) is 0 Å². The minimum atomic E-state index is 0.528. The van der Waals surface area contributed by atoms with E-state index in [1.54, 1.807) is 7.11 Å². The Kier molecular flexibility index (Phi) is 8.16. The Balaban J connectivity index is 1.52. The Morgan fingerprint density at radius 2 is 1.47 bits per heavy atom. The molecule has 0 atom stereocenters. The predicted octanol–water partition coefficient (Wildman–Crippen LogP) is 5.31. The maximum absolute atomic E-state index is 6.02. The monoisotopic (exact) mass is 405 g/mol. The van der Waals surface area contributed by atoms with Gasteiger partial charge in [0.25, 0.3) is 0 Å². The lowest BCUT2D eigenvalue weighted by Crippen LogP contribution is -2.16. The van der Waals surface area contributed by atoms with E-state index in [0.717, 1.165) is 42.3 Å². The second-order valence-electron chi connectivity index (χ2n) is 7.26. The highest BCUT2D eigenvalue weighted by atomic mass is 16.5. The van der Waals surface area contributed by atoms with Gasteiger partial charge >= 0.3 is 0 Å². The van der Waals surface area contributed by atoms with Gasteiger partial charge in [-0.3, -0.25) is 0 Å². The molecule has 30 heavy (non-hydrogen) atoms. The van der Waals surface area contributed by atoms with Crippen LogP contribution >= 0.6 is 0 Å². The van der Waals surface area contributed by atoms with Crippen molar-refractivity contribution in [2.24, 2.45) is 0 Å². The van der Waals surface area contributed by atoms with Gasteiger partial charge in [-0.05, 0) is 67.8 Å². The molecular weight excluding hydrogens is 374 g/mol. The normalized spacial score (nSPS) is 10.6. The predicted molar refractivity (Wildman–Crippen MR) is 122 cm³/mol. The molecule has 0 amide bonds. The number of methoxy groups -OCH3 is 1.